The number of rotatable bonds is 3. The minimum Gasteiger partial charge on any atom is -0.346 e. The van der Waals surface area contributed by atoms with Gasteiger partial charge >= 0.3 is 0 Å². The fourth-order valence-electron chi connectivity index (χ4n) is 2.91. The summed E-state index contributed by atoms with van der Waals surface area (Å²) in [5.41, 5.74) is 1.18. The molecule has 3 aromatic rings. The molecule has 1 atom stereocenters. The Balaban J connectivity index is 1.46. The molecule has 8 nitrogen and oxygen atoms in total. The highest BCUT2D eigenvalue weighted by atomic mass is 16.2. The quantitative estimate of drug-likeness (QED) is 0.774. The van der Waals surface area contributed by atoms with E-state index in [2.05, 4.69) is 30.4 Å². The highest BCUT2D eigenvalue weighted by Crippen LogP contribution is 2.15. The first-order valence-corrected chi connectivity index (χ1v) is 7.88. The summed E-state index contributed by atoms with van der Waals surface area (Å²) >= 11 is 0. The molecular weight excluding hydrogens is 306 g/mol. The van der Waals surface area contributed by atoms with Crippen LogP contribution in [0, 0.1) is 6.92 Å². The Hall–Kier alpha value is -3.03. The number of hydrogen-bond donors (Lipinski definition) is 1. The first kappa shape index (κ1) is 14.6. The number of fused-ring (bicyclic) bond motifs is 1. The summed E-state index contributed by atoms with van der Waals surface area (Å²) in [6.07, 6.45) is 3.29. The molecule has 122 valence electrons. The zero-order chi connectivity index (χ0) is 16.5. The Labute approximate surface area is 138 Å². The van der Waals surface area contributed by atoms with E-state index in [4.69, 9.17) is 0 Å². The van der Waals surface area contributed by atoms with Gasteiger partial charge in [0.2, 0.25) is 0 Å². The van der Waals surface area contributed by atoms with E-state index >= 15 is 0 Å². The fourth-order valence-corrected chi connectivity index (χ4v) is 2.91. The van der Waals surface area contributed by atoms with Gasteiger partial charge < -0.3 is 9.88 Å². The lowest BCUT2D eigenvalue weighted by atomic mass is 10.1. The zero-order valence-corrected chi connectivity index (χ0v) is 13.3. The summed E-state index contributed by atoms with van der Waals surface area (Å²) in [5.74, 6) is 1.64. The van der Waals surface area contributed by atoms with E-state index in [9.17, 15) is 4.79 Å². The van der Waals surface area contributed by atoms with Crippen LogP contribution in [0.25, 0.3) is 5.69 Å². The Bertz CT molecular complexity index is 868. The maximum absolute atomic E-state index is 12.4. The van der Waals surface area contributed by atoms with Crippen molar-refractivity contribution in [1.29, 1.82) is 0 Å². The SMILES string of the molecule is Cc1nnc2n1C[C@@H](NC(=O)c1cn(-c3ccccc3)nn1)CC2. The van der Waals surface area contributed by atoms with Crippen LogP contribution in [0.3, 0.4) is 0 Å². The molecule has 1 N–H and O–H groups in total. The van der Waals surface area contributed by atoms with Gasteiger partial charge in [-0.05, 0) is 25.5 Å². The van der Waals surface area contributed by atoms with Crippen LogP contribution in [0.4, 0.5) is 0 Å². The third-order valence-electron chi connectivity index (χ3n) is 4.21. The summed E-state index contributed by atoms with van der Waals surface area (Å²) in [7, 11) is 0. The first-order chi connectivity index (χ1) is 11.7. The molecule has 0 radical (unpaired) electrons. The molecule has 4 rings (SSSR count). The molecule has 24 heavy (non-hydrogen) atoms. The second-order valence-corrected chi connectivity index (χ2v) is 5.87. The van der Waals surface area contributed by atoms with Crippen LogP contribution in [-0.2, 0) is 13.0 Å². The minimum atomic E-state index is -0.212. The van der Waals surface area contributed by atoms with E-state index < -0.39 is 0 Å². The van der Waals surface area contributed by atoms with Crippen LogP contribution in [0.15, 0.2) is 36.5 Å². The monoisotopic (exact) mass is 323 g/mol. The average molecular weight is 323 g/mol. The third-order valence-corrected chi connectivity index (χ3v) is 4.21. The van der Waals surface area contributed by atoms with E-state index in [1.54, 1.807) is 10.9 Å². The molecule has 0 spiro atoms. The summed E-state index contributed by atoms with van der Waals surface area (Å²) in [6, 6.07) is 9.62. The number of amides is 1. The van der Waals surface area contributed by atoms with Crippen molar-refractivity contribution in [2.75, 3.05) is 0 Å². The number of nitrogens with zero attached hydrogens (tertiary/aromatic N) is 6. The summed E-state index contributed by atoms with van der Waals surface area (Å²) in [5, 5.41) is 19.3. The maximum Gasteiger partial charge on any atom is 0.273 e. The largest absolute Gasteiger partial charge is 0.346 e. The smallest absolute Gasteiger partial charge is 0.273 e. The number of aryl methyl sites for hydroxylation is 2. The molecule has 0 unspecified atom stereocenters. The minimum absolute atomic E-state index is 0.0431. The van der Waals surface area contributed by atoms with Gasteiger partial charge in [0.15, 0.2) is 5.69 Å². The number of nitrogens with one attached hydrogen (secondary N) is 1. The predicted molar refractivity (Wildman–Crippen MR) is 85.7 cm³/mol. The van der Waals surface area contributed by atoms with Crippen LogP contribution >= 0.6 is 0 Å². The molecule has 0 fully saturated rings. The number of hydrogen-bond acceptors (Lipinski definition) is 5. The van der Waals surface area contributed by atoms with Gasteiger partial charge in [-0.3, -0.25) is 4.79 Å². The van der Waals surface area contributed by atoms with Gasteiger partial charge in [-0.1, -0.05) is 23.4 Å². The number of carbonyl (C=O) groups excluding carboxylic acids is 1. The van der Waals surface area contributed by atoms with E-state index in [1.807, 2.05) is 37.3 Å². The zero-order valence-electron chi connectivity index (χ0n) is 13.3. The molecule has 1 amide bonds. The molecule has 1 aliphatic heterocycles. The van der Waals surface area contributed by atoms with E-state index in [1.165, 1.54) is 0 Å². The molecule has 8 heteroatoms. The van der Waals surface area contributed by atoms with E-state index in [-0.39, 0.29) is 11.9 Å². The summed E-state index contributed by atoms with van der Waals surface area (Å²) in [4.78, 5) is 12.4. The van der Waals surface area contributed by atoms with Crippen molar-refractivity contribution < 1.29 is 4.79 Å². The topological polar surface area (TPSA) is 90.5 Å². The van der Waals surface area contributed by atoms with Crippen molar-refractivity contribution in [3.63, 3.8) is 0 Å². The third kappa shape index (κ3) is 2.66. The molecule has 0 saturated heterocycles. The summed E-state index contributed by atoms with van der Waals surface area (Å²) in [6.45, 7) is 2.61. The van der Waals surface area contributed by atoms with Crippen LogP contribution < -0.4 is 5.32 Å². The molecule has 0 bridgehead atoms. The van der Waals surface area contributed by atoms with Crippen molar-refractivity contribution in [2.45, 2.75) is 32.4 Å². The Kier molecular flexibility index (Phi) is 3.56. The van der Waals surface area contributed by atoms with Crippen LogP contribution in [0.1, 0.15) is 28.6 Å². The van der Waals surface area contributed by atoms with Gasteiger partial charge in [0.1, 0.15) is 11.6 Å². The second kappa shape index (κ2) is 5.88. The number of aromatic nitrogens is 6. The Morgan fingerprint density at radius 3 is 2.88 bits per heavy atom. The molecule has 3 heterocycles. The van der Waals surface area contributed by atoms with Crippen molar-refractivity contribution in [3.05, 3.63) is 53.9 Å². The van der Waals surface area contributed by atoms with Crippen molar-refractivity contribution in [1.82, 2.24) is 35.1 Å². The lowest BCUT2D eigenvalue weighted by molar-refractivity contribution is 0.0922. The first-order valence-electron chi connectivity index (χ1n) is 7.88. The van der Waals surface area contributed by atoms with Gasteiger partial charge in [-0.15, -0.1) is 15.3 Å². The van der Waals surface area contributed by atoms with Gasteiger partial charge in [0.25, 0.3) is 5.91 Å². The van der Waals surface area contributed by atoms with E-state index in [0.717, 1.165) is 30.2 Å². The lowest BCUT2D eigenvalue weighted by Gasteiger charge is -2.24. The van der Waals surface area contributed by atoms with Crippen LogP contribution in [0.2, 0.25) is 0 Å². The van der Waals surface area contributed by atoms with E-state index in [0.29, 0.717) is 12.2 Å². The molecule has 0 aliphatic carbocycles. The second-order valence-electron chi connectivity index (χ2n) is 5.87. The molecule has 2 aromatic heterocycles. The highest BCUT2D eigenvalue weighted by Gasteiger charge is 2.24. The highest BCUT2D eigenvalue weighted by molar-refractivity contribution is 5.92. The number of para-hydroxylation sites is 1. The van der Waals surface area contributed by atoms with Gasteiger partial charge in [-0.25, -0.2) is 4.68 Å². The predicted octanol–water partition coefficient (Wildman–Crippen LogP) is 0.912. The molecule has 1 aromatic carbocycles. The van der Waals surface area contributed by atoms with Crippen molar-refractivity contribution in [2.24, 2.45) is 0 Å². The van der Waals surface area contributed by atoms with Crippen molar-refractivity contribution >= 4 is 5.91 Å². The molecule has 0 saturated carbocycles. The average Bonchev–Trinajstić information content (AvgIpc) is 3.24. The van der Waals surface area contributed by atoms with Gasteiger partial charge in [0.05, 0.1) is 11.9 Å². The number of carbonyl (C=O) groups is 1. The molecular formula is C16H17N7O. The molecule has 1 aliphatic rings. The van der Waals surface area contributed by atoms with Crippen LogP contribution in [-0.4, -0.2) is 41.7 Å². The normalized spacial score (nSPS) is 16.6. The number of benzene rings is 1. The Morgan fingerprint density at radius 2 is 2.04 bits per heavy atom. The van der Waals surface area contributed by atoms with Crippen molar-refractivity contribution in [3.8, 4) is 5.69 Å². The Morgan fingerprint density at radius 1 is 1.21 bits per heavy atom. The summed E-state index contributed by atoms with van der Waals surface area (Å²) < 4.78 is 3.65. The standard InChI is InChI=1S/C16H17N7O/c1-11-18-20-15-8-7-12(9-22(11)15)17-16(24)14-10-23(21-19-14)13-5-3-2-4-6-13/h2-6,10,12H,7-9H2,1H3,(H,17,24)/t12-/m0/s1. The lowest BCUT2D eigenvalue weighted by Crippen LogP contribution is -2.41. The van der Waals surface area contributed by atoms with Crippen LogP contribution in [0.5, 0.6) is 0 Å². The fraction of sp³-hybridized carbons (Fsp3) is 0.312. The van der Waals surface area contributed by atoms with Gasteiger partial charge in [-0.2, -0.15) is 0 Å². The maximum atomic E-state index is 12.4. The van der Waals surface area contributed by atoms with Gasteiger partial charge in [0, 0.05) is 19.0 Å².